The molecule has 18 heavy (non-hydrogen) atoms. The molecule has 0 aliphatic carbocycles. The lowest BCUT2D eigenvalue weighted by molar-refractivity contribution is -0.132. The number of ether oxygens (including phenoxy) is 1. The smallest absolute Gasteiger partial charge is 0.238 e. The van der Waals surface area contributed by atoms with Crippen molar-refractivity contribution in [1.29, 1.82) is 0 Å². The number of aromatic nitrogens is 1. The zero-order chi connectivity index (χ0) is 13.0. The van der Waals surface area contributed by atoms with Gasteiger partial charge in [0.25, 0.3) is 0 Å². The summed E-state index contributed by atoms with van der Waals surface area (Å²) in [5, 5.41) is -0.0633. The fourth-order valence-corrected chi connectivity index (χ4v) is 2.83. The molecule has 7 heteroatoms. The summed E-state index contributed by atoms with van der Waals surface area (Å²) in [5.74, 6) is -0.937. The molecular weight excluding hydrogens is 256 g/mol. The lowest BCUT2D eigenvalue weighted by Gasteiger charge is -2.26. The van der Waals surface area contributed by atoms with Crippen molar-refractivity contribution in [3.05, 3.63) is 24.4 Å². The first-order valence-electron chi connectivity index (χ1n) is 5.59. The average Bonchev–Trinajstić information content (AvgIpc) is 2.40. The van der Waals surface area contributed by atoms with Crippen LogP contribution in [0.15, 0.2) is 29.4 Å². The number of nitrogens with zero attached hydrogens (tertiary/aromatic N) is 2. The third-order valence-corrected chi connectivity index (χ3v) is 4.14. The van der Waals surface area contributed by atoms with E-state index in [1.54, 1.807) is 12.1 Å². The van der Waals surface area contributed by atoms with E-state index in [1.165, 1.54) is 17.2 Å². The second-order valence-corrected chi connectivity index (χ2v) is 5.86. The Morgan fingerprint density at radius 1 is 1.33 bits per heavy atom. The summed E-state index contributed by atoms with van der Waals surface area (Å²) in [6.07, 6.45) is 1.39. The maximum absolute atomic E-state index is 11.9. The molecule has 1 aromatic rings. The largest absolute Gasteiger partial charge is 0.378 e. The van der Waals surface area contributed by atoms with Crippen LogP contribution >= 0.6 is 0 Å². The molecule has 0 saturated carbocycles. The molecule has 0 bridgehead atoms. The highest BCUT2D eigenvalue weighted by Crippen LogP contribution is 2.08. The van der Waals surface area contributed by atoms with E-state index in [0.29, 0.717) is 26.3 Å². The second kappa shape index (κ2) is 5.45. The molecule has 1 fully saturated rings. The maximum atomic E-state index is 11.9. The van der Waals surface area contributed by atoms with Crippen molar-refractivity contribution < 1.29 is 17.9 Å². The van der Waals surface area contributed by atoms with Gasteiger partial charge in [0, 0.05) is 19.3 Å². The monoisotopic (exact) mass is 270 g/mol. The van der Waals surface area contributed by atoms with Gasteiger partial charge < -0.3 is 9.64 Å². The highest BCUT2D eigenvalue weighted by Gasteiger charge is 2.25. The summed E-state index contributed by atoms with van der Waals surface area (Å²) >= 11 is 0. The van der Waals surface area contributed by atoms with Gasteiger partial charge in [0.15, 0.2) is 5.03 Å². The van der Waals surface area contributed by atoms with Crippen molar-refractivity contribution in [2.45, 2.75) is 5.03 Å². The lowest BCUT2D eigenvalue weighted by atomic mass is 10.4. The van der Waals surface area contributed by atoms with Crippen LogP contribution in [0.1, 0.15) is 0 Å². The maximum Gasteiger partial charge on any atom is 0.238 e. The van der Waals surface area contributed by atoms with Gasteiger partial charge in [-0.05, 0) is 12.1 Å². The van der Waals surface area contributed by atoms with E-state index in [9.17, 15) is 13.2 Å². The fraction of sp³-hybridized carbons (Fsp3) is 0.455. The molecule has 0 radical (unpaired) electrons. The van der Waals surface area contributed by atoms with Gasteiger partial charge in [-0.25, -0.2) is 13.4 Å². The van der Waals surface area contributed by atoms with Crippen LogP contribution in [0.2, 0.25) is 0 Å². The molecule has 1 saturated heterocycles. The van der Waals surface area contributed by atoms with Gasteiger partial charge in [0.1, 0.15) is 5.75 Å². The first-order valence-corrected chi connectivity index (χ1v) is 7.24. The normalized spacial score (nSPS) is 16.6. The Balaban J connectivity index is 2.06. The average molecular weight is 270 g/mol. The third kappa shape index (κ3) is 3.05. The van der Waals surface area contributed by atoms with Gasteiger partial charge in [-0.1, -0.05) is 6.07 Å². The number of amides is 1. The van der Waals surface area contributed by atoms with Crippen LogP contribution < -0.4 is 0 Å². The van der Waals surface area contributed by atoms with Crippen molar-refractivity contribution in [3.63, 3.8) is 0 Å². The van der Waals surface area contributed by atoms with E-state index in [-0.39, 0.29) is 5.03 Å². The predicted molar refractivity (Wildman–Crippen MR) is 63.7 cm³/mol. The number of carbonyl (C=O) groups excluding carboxylic acids is 1. The third-order valence-electron chi connectivity index (χ3n) is 2.63. The van der Waals surface area contributed by atoms with E-state index in [1.807, 2.05) is 0 Å². The summed E-state index contributed by atoms with van der Waals surface area (Å²) in [5.41, 5.74) is 0. The van der Waals surface area contributed by atoms with Crippen LogP contribution in [0.25, 0.3) is 0 Å². The van der Waals surface area contributed by atoms with E-state index in [2.05, 4.69) is 4.98 Å². The molecule has 0 spiro atoms. The topological polar surface area (TPSA) is 76.6 Å². The minimum atomic E-state index is -3.65. The van der Waals surface area contributed by atoms with Gasteiger partial charge in [-0.2, -0.15) is 0 Å². The standard InChI is InChI=1S/C11H14N2O4S/c14-11(13-5-7-17-8-6-13)9-18(15,16)10-3-1-2-4-12-10/h1-4H,5-9H2. The van der Waals surface area contributed by atoms with Gasteiger partial charge in [0.2, 0.25) is 15.7 Å². The summed E-state index contributed by atoms with van der Waals surface area (Å²) < 4.78 is 29.0. The number of hydrogen-bond acceptors (Lipinski definition) is 5. The Morgan fingerprint density at radius 3 is 2.67 bits per heavy atom. The fourth-order valence-electron chi connectivity index (χ4n) is 1.67. The van der Waals surface area contributed by atoms with Crippen molar-refractivity contribution in [2.24, 2.45) is 0 Å². The molecule has 2 rings (SSSR count). The molecule has 1 aromatic heterocycles. The van der Waals surface area contributed by atoms with E-state index < -0.39 is 21.5 Å². The molecule has 2 heterocycles. The zero-order valence-electron chi connectivity index (χ0n) is 9.78. The van der Waals surface area contributed by atoms with Crippen LogP contribution in [-0.4, -0.2) is 56.3 Å². The Bertz CT molecular complexity index is 509. The van der Waals surface area contributed by atoms with Gasteiger partial charge in [-0.15, -0.1) is 0 Å². The van der Waals surface area contributed by atoms with Gasteiger partial charge >= 0.3 is 0 Å². The Hall–Kier alpha value is -1.47. The number of carbonyl (C=O) groups is 1. The number of rotatable bonds is 3. The number of morpholine rings is 1. The first kappa shape index (κ1) is 13.0. The van der Waals surface area contributed by atoms with Crippen molar-refractivity contribution in [1.82, 2.24) is 9.88 Å². The second-order valence-electron chi connectivity index (χ2n) is 3.92. The van der Waals surface area contributed by atoms with Crippen molar-refractivity contribution >= 4 is 15.7 Å². The first-order chi connectivity index (χ1) is 8.59. The predicted octanol–water partition coefficient (Wildman–Crippen LogP) is -0.286. The van der Waals surface area contributed by atoms with Crippen molar-refractivity contribution in [2.75, 3.05) is 32.1 Å². The molecular formula is C11H14N2O4S. The van der Waals surface area contributed by atoms with Gasteiger partial charge in [0.05, 0.1) is 13.2 Å². The van der Waals surface area contributed by atoms with E-state index in [4.69, 9.17) is 4.74 Å². The molecule has 6 nitrogen and oxygen atoms in total. The van der Waals surface area contributed by atoms with Gasteiger partial charge in [-0.3, -0.25) is 4.79 Å². The number of pyridine rings is 1. The molecule has 98 valence electrons. The van der Waals surface area contributed by atoms with Crippen LogP contribution in [0, 0.1) is 0 Å². The molecule has 0 N–H and O–H groups in total. The summed E-state index contributed by atoms with van der Waals surface area (Å²) in [4.78, 5) is 17.1. The summed E-state index contributed by atoms with van der Waals surface area (Å²) in [6.45, 7) is 1.79. The Kier molecular flexibility index (Phi) is 3.93. The number of sulfone groups is 1. The van der Waals surface area contributed by atoms with Crippen LogP contribution in [0.5, 0.6) is 0 Å². The zero-order valence-corrected chi connectivity index (χ0v) is 10.6. The Labute approximate surface area is 105 Å². The van der Waals surface area contributed by atoms with E-state index in [0.717, 1.165) is 0 Å². The number of hydrogen-bond donors (Lipinski definition) is 0. The highest BCUT2D eigenvalue weighted by molar-refractivity contribution is 7.92. The minimum absolute atomic E-state index is 0.0633. The van der Waals surface area contributed by atoms with Crippen LogP contribution in [0.4, 0.5) is 0 Å². The quantitative estimate of drug-likeness (QED) is 0.754. The molecule has 0 atom stereocenters. The highest BCUT2D eigenvalue weighted by atomic mass is 32.2. The molecule has 1 amide bonds. The molecule has 0 aromatic carbocycles. The lowest BCUT2D eigenvalue weighted by Crippen LogP contribution is -2.43. The summed E-state index contributed by atoms with van der Waals surface area (Å²) in [7, 11) is -3.65. The van der Waals surface area contributed by atoms with E-state index >= 15 is 0 Å². The summed E-state index contributed by atoms with van der Waals surface area (Å²) in [6, 6.07) is 4.60. The SMILES string of the molecule is O=C(CS(=O)(=O)c1ccccn1)N1CCOCC1. The van der Waals surface area contributed by atoms with Crippen molar-refractivity contribution in [3.8, 4) is 0 Å². The molecule has 1 aliphatic heterocycles. The molecule has 0 unspecified atom stereocenters. The minimum Gasteiger partial charge on any atom is -0.378 e. The van der Waals surface area contributed by atoms with Crippen LogP contribution in [-0.2, 0) is 19.4 Å². The molecule has 1 aliphatic rings. The van der Waals surface area contributed by atoms with Crippen LogP contribution in [0.3, 0.4) is 0 Å². The Morgan fingerprint density at radius 2 is 2.06 bits per heavy atom.